The highest BCUT2D eigenvalue weighted by Crippen LogP contribution is 2.37. The highest BCUT2D eigenvalue weighted by Gasteiger charge is 2.17. The maximum atomic E-state index is 10.1. The van der Waals surface area contributed by atoms with Crippen molar-refractivity contribution in [3.8, 4) is 23.3 Å². The SMILES string of the molecule is CN(Cc1cccc(C#N)c1)Cc1cc2c(cc1O)OCO2. The summed E-state index contributed by atoms with van der Waals surface area (Å²) in [7, 11) is 1.96. The average Bonchev–Trinajstić information content (AvgIpc) is 2.94. The molecule has 5 heteroatoms. The number of fused-ring (bicyclic) bond motifs is 1. The molecule has 5 nitrogen and oxygen atoms in total. The Labute approximate surface area is 128 Å². The molecule has 22 heavy (non-hydrogen) atoms. The summed E-state index contributed by atoms with van der Waals surface area (Å²) in [5.41, 5.74) is 2.49. The van der Waals surface area contributed by atoms with Gasteiger partial charge >= 0.3 is 0 Å². The molecule has 0 spiro atoms. The lowest BCUT2D eigenvalue weighted by Crippen LogP contribution is -2.17. The Hall–Kier alpha value is -2.71. The maximum Gasteiger partial charge on any atom is 0.231 e. The van der Waals surface area contributed by atoms with Crippen LogP contribution in [0.25, 0.3) is 0 Å². The van der Waals surface area contributed by atoms with E-state index in [1.807, 2.05) is 25.2 Å². The minimum atomic E-state index is 0.190. The van der Waals surface area contributed by atoms with Crippen LogP contribution in [0, 0.1) is 11.3 Å². The van der Waals surface area contributed by atoms with Crippen molar-refractivity contribution in [1.82, 2.24) is 4.90 Å². The van der Waals surface area contributed by atoms with E-state index in [1.165, 1.54) is 0 Å². The molecule has 112 valence electrons. The summed E-state index contributed by atoms with van der Waals surface area (Å²) in [6.45, 7) is 1.44. The molecule has 0 aromatic heterocycles. The smallest absolute Gasteiger partial charge is 0.231 e. The van der Waals surface area contributed by atoms with Gasteiger partial charge in [0.15, 0.2) is 11.5 Å². The first-order valence-corrected chi connectivity index (χ1v) is 6.95. The van der Waals surface area contributed by atoms with Gasteiger partial charge in [-0.25, -0.2) is 0 Å². The number of hydrogen-bond acceptors (Lipinski definition) is 5. The normalized spacial score (nSPS) is 12.4. The van der Waals surface area contributed by atoms with Crippen LogP contribution in [-0.2, 0) is 13.1 Å². The van der Waals surface area contributed by atoms with E-state index in [-0.39, 0.29) is 12.5 Å². The Morgan fingerprint density at radius 3 is 2.73 bits per heavy atom. The molecule has 0 saturated heterocycles. The van der Waals surface area contributed by atoms with Crippen molar-refractivity contribution in [2.75, 3.05) is 13.8 Å². The molecule has 1 aliphatic rings. The van der Waals surface area contributed by atoms with Gasteiger partial charge in [0.2, 0.25) is 6.79 Å². The molecule has 0 bridgehead atoms. The summed E-state index contributed by atoms with van der Waals surface area (Å²) < 4.78 is 10.6. The van der Waals surface area contributed by atoms with Crippen LogP contribution in [0.5, 0.6) is 17.2 Å². The van der Waals surface area contributed by atoms with Crippen LogP contribution >= 0.6 is 0 Å². The zero-order valence-corrected chi connectivity index (χ0v) is 12.2. The number of rotatable bonds is 4. The summed E-state index contributed by atoms with van der Waals surface area (Å²) in [5, 5.41) is 19.0. The Bertz CT molecular complexity index is 737. The van der Waals surface area contributed by atoms with Crippen LogP contribution in [0.3, 0.4) is 0 Å². The topological polar surface area (TPSA) is 65.7 Å². The van der Waals surface area contributed by atoms with Crippen LogP contribution in [0.2, 0.25) is 0 Å². The second-order valence-electron chi connectivity index (χ2n) is 5.32. The summed E-state index contributed by atoms with van der Waals surface area (Å²) in [6.07, 6.45) is 0. The summed E-state index contributed by atoms with van der Waals surface area (Å²) in [6, 6.07) is 13.0. The lowest BCUT2D eigenvalue weighted by atomic mass is 10.1. The van der Waals surface area contributed by atoms with Crippen molar-refractivity contribution in [1.29, 1.82) is 5.26 Å². The predicted molar refractivity (Wildman–Crippen MR) is 80.6 cm³/mol. The van der Waals surface area contributed by atoms with E-state index < -0.39 is 0 Å². The van der Waals surface area contributed by atoms with E-state index in [4.69, 9.17) is 14.7 Å². The number of nitrogens with zero attached hydrogens (tertiary/aromatic N) is 2. The van der Waals surface area contributed by atoms with Crippen LogP contribution in [-0.4, -0.2) is 23.8 Å². The number of hydrogen-bond donors (Lipinski definition) is 1. The largest absolute Gasteiger partial charge is 0.507 e. The average molecular weight is 296 g/mol. The third kappa shape index (κ3) is 2.97. The lowest BCUT2D eigenvalue weighted by Gasteiger charge is -2.18. The van der Waals surface area contributed by atoms with Crippen molar-refractivity contribution in [3.05, 3.63) is 53.1 Å². The van der Waals surface area contributed by atoms with E-state index in [9.17, 15) is 5.11 Å². The van der Waals surface area contributed by atoms with Crippen molar-refractivity contribution in [3.63, 3.8) is 0 Å². The fourth-order valence-electron chi connectivity index (χ4n) is 2.50. The molecule has 0 unspecified atom stereocenters. The Kier molecular flexibility index (Phi) is 3.86. The molecule has 0 atom stereocenters. The van der Waals surface area contributed by atoms with Crippen LogP contribution in [0.1, 0.15) is 16.7 Å². The van der Waals surface area contributed by atoms with E-state index in [2.05, 4.69) is 11.0 Å². The molecular weight excluding hydrogens is 280 g/mol. The highest BCUT2D eigenvalue weighted by molar-refractivity contribution is 5.51. The first-order valence-electron chi connectivity index (χ1n) is 6.95. The standard InChI is InChI=1S/C17H16N2O3/c1-19(9-13-4-2-3-12(5-13)8-18)10-14-6-16-17(7-15(14)20)22-11-21-16/h2-7,20H,9-11H2,1H3. The van der Waals surface area contributed by atoms with Gasteiger partial charge < -0.3 is 14.6 Å². The van der Waals surface area contributed by atoms with Crippen molar-refractivity contribution < 1.29 is 14.6 Å². The fraction of sp³-hybridized carbons (Fsp3) is 0.235. The Morgan fingerprint density at radius 2 is 1.95 bits per heavy atom. The van der Waals surface area contributed by atoms with Gasteiger partial charge in [0.1, 0.15) is 5.75 Å². The van der Waals surface area contributed by atoms with Gasteiger partial charge in [-0.15, -0.1) is 0 Å². The molecule has 0 saturated carbocycles. The zero-order chi connectivity index (χ0) is 15.5. The van der Waals surface area contributed by atoms with Crippen molar-refractivity contribution >= 4 is 0 Å². The molecule has 1 aliphatic heterocycles. The molecule has 0 fully saturated rings. The van der Waals surface area contributed by atoms with E-state index in [0.717, 1.165) is 11.1 Å². The number of phenolic OH excluding ortho intramolecular Hbond substituents is 1. The molecule has 3 rings (SSSR count). The van der Waals surface area contributed by atoms with Crippen molar-refractivity contribution in [2.45, 2.75) is 13.1 Å². The van der Waals surface area contributed by atoms with Crippen molar-refractivity contribution in [2.24, 2.45) is 0 Å². The minimum Gasteiger partial charge on any atom is -0.507 e. The van der Waals surface area contributed by atoms with Crippen LogP contribution in [0.15, 0.2) is 36.4 Å². The van der Waals surface area contributed by atoms with Gasteiger partial charge in [-0.2, -0.15) is 5.26 Å². The molecule has 2 aromatic rings. The van der Waals surface area contributed by atoms with Gasteiger partial charge in [0.25, 0.3) is 0 Å². The lowest BCUT2D eigenvalue weighted by molar-refractivity contribution is 0.174. The molecule has 2 aromatic carbocycles. The van der Waals surface area contributed by atoms with Crippen LogP contribution in [0.4, 0.5) is 0 Å². The fourth-order valence-corrected chi connectivity index (χ4v) is 2.50. The second-order valence-corrected chi connectivity index (χ2v) is 5.32. The van der Waals surface area contributed by atoms with Gasteiger partial charge in [0.05, 0.1) is 11.6 Å². The second kappa shape index (κ2) is 5.96. The number of ether oxygens (including phenoxy) is 2. The number of phenols is 1. The first kappa shape index (κ1) is 14.2. The number of nitriles is 1. The Morgan fingerprint density at radius 1 is 1.18 bits per heavy atom. The zero-order valence-electron chi connectivity index (χ0n) is 12.2. The van der Waals surface area contributed by atoms with Gasteiger partial charge in [-0.05, 0) is 30.8 Å². The third-order valence-corrected chi connectivity index (χ3v) is 3.52. The molecule has 0 amide bonds. The number of benzene rings is 2. The predicted octanol–water partition coefficient (Wildman–Crippen LogP) is 2.62. The first-order chi connectivity index (χ1) is 10.7. The van der Waals surface area contributed by atoms with E-state index >= 15 is 0 Å². The monoisotopic (exact) mass is 296 g/mol. The number of aromatic hydroxyl groups is 1. The van der Waals surface area contributed by atoms with Gasteiger partial charge in [0, 0.05) is 24.7 Å². The highest BCUT2D eigenvalue weighted by atomic mass is 16.7. The maximum absolute atomic E-state index is 10.1. The van der Waals surface area contributed by atoms with E-state index in [0.29, 0.717) is 30.2 Å². The summed E-state index contributed by atoms with van der Waals surface area (Å²) >= 11 is 0. The molecule has 0 radical (unpaired) electrons. The summed E-state index contributed by atoms with van der Waals surface area (Å²) in [5.74, 6) is 1.43. The minimum absolute atomic E-state index is 0.190. The third-order valence-electron chi connectivity index (χ3n) is 3.52. The Balaban J connectivity index is 1.72. The summed E-state index contributed by atoms with van der Waals surface area (Å²) in [4.78, 5) is 2.06. The molecule has 1 heterocycles. The molecule has 1 N–H and O–H groups in total. The quantitative estimate of drug-likeness (QED) is 0.939. The van der Waals surface area contributed by atoms with E-state index in [1.54, 1.807) is 18.2 Å². The molecule has 0 aliphatic carbocycles. The van der Waals surface area contributed by atoms with Gasteiger partial charge in [-0.1, -0.05) is 12.1 Å². The van der Waals surface area contributed by atoms with Gasteiger partial charge in [-0.3, -0.25) is 4.90 Å². The van der Waals surface area contributed by atoms with Crippen LogP contribution < -0.4 is 9.47 Å². The molecular formula is C17H16N2O3.